The van der Waals surface area contributed by atoms with E-state index in [1.54, 1.807) is 0 Å². The summed E-state index contributed by atoms with van der Waals surface area (Å²) in [5, 5.41) is 42.8. The van der Waals surface area contributed by atoms with Crippen LogP contribution in [0.15, 0.2) is 23.0 Å². The lowest BCUT2D eigenvalue weighted by molar-refractivity contribution is -0.138. The van der Waals surface area contributed by atoms with Crippen molar-refractivity contribution in [3.05, 3.63) is 23.0 Å². The topological polar surface area (TPSA) is 107 Å². The van der Waals surface area contributed by atoms with Crippen molar-refractivity contribution in [1.82, 2.24) is 0 Å². The highest BCUT2D eigenvalue weighted by Crippen LogP contribution is 2.65. The highest BCUT2D eigenvalue weighted by Gasteiger charge is 2.65. The quantitative estimate of drug-likeness (QED) is 0.487. The van der Waals surface area contributed by atoms with Gasteiger partial charge in [0.25, 0.3) is 0 Å². The van der Waals surface area contributed by atoms with Gasteiger partial charge in [0.2, 0.25) is 0 Å². The molecule has 6 heteroatoms. The molecule has 2 heterocycles. The predicted octanol–water partition coefficient (Wildman–Crippen LogP) is 2.34. The smallest absolute Gasteiger partial charge is 0.335 e. The van der Waals surface area contributed by atoms with E-state index in [0.717, 1.165) is 6.42 Å². The second-order valence-electron chi connectivity index (χ2n) is 10.9. The van der Waals surface area contributed by atoms with Crippen molar-refractivity contribution in [2.75, 3.05) is 0 Å². The monoisotopic (exact) mass is 418 g/mol. The number of ether oxygens (including phenoxy) is 1. The molecule has 166 valence electrons. The largest absolute Gasteiger partial charge is 0.491 e. The fraction of sp³-hybridized carbons (Fsp3) is 0.792. The van der Waals surface area contributed by atoms with E-state index in [-0.39, 0.29) is 47.3 Å². The van der Waals surface area contributed by atoms with E-state index in [2.05, 4.69) is 19.9 Å². The number of aliphatic hydroxyl groups is 3. The van der Waals surface area contributed by atoms with Gasteiger partial charge in [-0.1, -0.05) is 25.5 Å². The number of allylic oxidation sites excluding steroid dienone is 1. The molecule has 4 N–H and O–H groups in total. The SMILES string of the molecule is CC1=CC2C(C3C1C[C@@H]1[C@H]3C(C(=O)O)=C3O[C@@]1(C)CC[C@H](O)[C@H]3C)[C@H](O)[C@@H](C)[C@@H]2O. The van der Waals surface area contributed by atoms with E-state index in [1.165, 1.54) is 5.57 Å². The Morgan fingerprint density at radius 2 is 1.87 bits per heavy atom. The van der Waals surface area contributed by atoms with Gasteiger partial charge in [0.05, 0.1) is 23.9 Å². The summed E-state index contributed by atoms with van der Waals surface area (Å²) in [6.45, 7) is 7.91. The minimum Gasteiger partial charge on any atom is -0.491 e. The van der Waals surface area contributed by atoms with Gasteiger partial charge < -0.3 is 25.2 Å². The molecular formula is C24H34O6. The lowest BCUT2D eigenvalue weighted by Crippen LogP contribution is -2.48. The van der Waals surface area contributed by atoms with Crippen molar-refractivity contribution in [2.45, 2.75) is 70.9 Å². The fourth-order valence-corrected chi connectivity index (χ4v) is 7.82. The summed E-state index contributed by atoms with van der Waals surface area (Å²) >= 11 is 0. The molecule has 0 aromatic heterocycles. The third-order valence-corrected chi connectivity index (χ3v) is 9.50. The van der Waals surface area contributed by atoms with Gasteiger partial charge in [-0.2, -0.15) is 0 Å². The molecule has 3 fully saturated rings. The van der Waals surface area contributed by atoms with Crippen LogP contribution in [-0.4, -0.2) is 50.3 Å². The summed E-state index contributed by atoms with van der Waals surface area (Å²) < 4.78 is 6.43. The Hall–Kier alpha value is -1.37. The molecule has 5 aliphatic rings. The number of fused-ring (bicyclic) bond motifs is 8. The summed E-state index contributed by atoms with van der Waals surface area (Å²) in [5.74, 6) is -1.52. The van der Waals surface area contributed by atoms with E-state index in [9.17, 15) is 25.2 Å². The number of aliphatic hydroxyl groups excluding tert-OH is 3. The number of carboxylic acid groups (broad SMARTS) is 1. The van der Waals surface area contributed by atoms with Crippen LogP contribution in [0.2, 0.25) is 0 Å². The zero-order chi connectivity index (χ0) is 21.7. The average Bonchev–Trinajstić information content (AvgIpc) is 3.16. The van der Waals surface area contributed by atoms with Crippen LogP contribution in [-0.2, 0) is 9.53 Å². The van der Waals surface area contributed by atoms with Crippen molar-refractivity contribution in [3.63, 3.8) is 0 Å². The van der Waals surface area contributed by atoms with Gasteiger partial charge in [0, 0.05) is 29.6 Å². The van der Waals surface area contributed by atoms with Crippen molar-refractivity contribution in [3.8, 4) is 0 Å². The van der Waals surface area contributed by atoms with Crippen molar-refractivity contribution in [2.24, 2.45) is 47.3 Å². The van der Waals surface area contributed by atoms with Gasteiger partial charge in [-0.3, -0.25) is 0 Å². The van der Waals surface area contributed by atoms with Gasteiger partial charge in [-0.25, -0.2) is 4.79 Å². The van der Waals surface area contributed by atoms with Gasteiger partial charge in [0.15, 0.2) is 0 Å². The number of rotatable bonds is 1. The van der Waals surface area contributed by atoms with Gasteiger partial charge >= 0.3 is 5.97 Å². The van der Waals surface area contributed by atoms with Crippen LogP contribution in [0.5, 0.6) is 0 Å². The highest BCUT2D eigenvalue weighted by molar-refractivity contribution is 5.88. The first-order chi connectivity index (χ1) is 14.1. The van der Waals surface area contributed by atoms with Crippen LogP contribution in [0.3, 0.4) is 0 Å². The van der Waals surface area contributed by atoms with Gasteiger partial charge in [-0.05, 0) is 50.9 Å². The summed E-state index contributed by atoms with van der Waals surface area (Å²) in [6, 6.07) is 0. The zero-order valence-electron chi connectivity index (χ0n) is 18.2. The minimum absolute atomic E-state index is 0.0159. The third kappa shape index (κ3) is 2.50. The van der Waals surface area contributed by atoms with E-state index >= 15 is 0 Å². The Morgan fingerprint density at radius 1 is 1.17 bits per heavy atom. The zero-order valence-corrected chi connectivity index (χ0v) is 18.2. The maximum Gasteiger partial charge on any atom is 0.335 e. The second-order valence-corrected chi connectivity index (χ2v) is 10.9. The summed E-state index contributed by atoms with van der Waals surface area (Å²) in [7, 11) is 0. The van der Waals surface area contributed by atoms with Crippen LogP contribution in [0.25, 0.3) is 0 Å². The number of aliphatic carboxylic acids is 1. The van der Waals surface area contributed by atoms with Crippen molar-refractivity contribution < 1.29 is 30.0 Å². The second kappa shape index (κ2) is 6.57. The van der Waals surface area contributed by atoms with Crippen LogP contribution in [0, 0.1) is 47.3 Å². The fourth-order valence-electron chi connectivity index (χ4n) is 7.82. The molecule has 0 aromatic rings. The number of carbonyl (C=O) groups is 1. The number of carboxylic acids is 1. The highest BCUT2D eigenvalue weighted by atomic mass is 16.5. The molecule has 2 saturated carbocycles. The molecule has 5 rings (SSSR count). The Balaban J connectivity index is 1.70. The third-order valence-electron chi connectivity index (χ3n) is 9.50. The first kappa shape index (κ1) is 20.5. The Labute approximate surface area is 177 Å². The molecule has 12 atom stereocenters. The normalized spacial score (nSPS) is 54.5. The Bertz CT molecular complexity index is 832. The molecule has 2 bridgehead atoms. The molecule has 3 aliphatic carbocycles. The Kier molecular flexibility index (Phi) is 4.49. The minimum atomic E-state index is -0.978. The summed E-state index contributed by atoms with van der Waals surface area (Å²) in [6.07, 6.45) is 2.36. The van der Waals surface area contributed by atoms with Crippen LogP contribution in [0.1, 0.15) is 47.0 Å². The molecule has 6 nitrogen and oxygen atoms in total. The lowest BCUT2D eigenvalue weighted by atomic mass is 9.63. The first-order valence-corrected chi connectivity index (χ1v) is 11.5. The van der Waals surface area contributed by atoms with Crippen LogP contribution >= 0.6 is 0 Å². The van der Waals surface area contributed by atoms with Crippen molar-refractivity contribution in [1.29, 1.82) is 0 Å². The molecule has 0 spiro atoms. The molecule has 0 aromatic carbocycles. The van der Waals surface area contributed by atoms with Crippen LogP contribution < -0.4 is 0 Å². The summed E-state index contributed by atoms with van der Waals surface area (Å²) in [4.78, 5) is 12.6. The standard InChI is InChI=1S/C24H34O6/c1-9-7-13-17(21(27)11(3)20(13)26)16-12(9)8-14-18(16)19(23(28)29)22-10(2)15(25)5-6-24(14,4)30-22/h7,10-18,20-21,25-27H,5-6,8H2,1-4H3,(H,28,29)/t10-,11+,12?,13?,14-,15+,16?,17?,18-,20+,21-,24+/m1/s1. The molecule has 2 aliphatic heterocycles. The van der Waals surface area contributed by atoms with Gasteiger partial charge in [-0.15, -0.1) is 0 Å². The van der Waals surface area contributed by atoms with Crippen LogP contribution in [0.4, 0.5) is 0 Å². The molecule has 30 heavy (non-hydrogen) atoms. The van der Waals surface area contributed by atoms with E-state index in [0.29, 0.717) is 24.2 Å². The number of hydrogen-bond acceptors (Lipinski definition) is 5. The van der Waals surface area contributed by atoms with E-state index in [4.69, 9.17) is 4.74 Å². The molecule has 0 amide bonds. The number of hydrogen-bond donors (Lipinski definition) is 4. The molecule has 0 radical (unpaired) electrons. The predicted molar refractivity (Wildman–Crippen MR) is 109 cm³/mol. The van der Waals surface area contributed by atoms with E-state index in [1.807, 2.05) is 13.8 Å². The maximum absolute atomic E-state index is 12.6. The molecular weight excluding hydrogens is 384 g/mol. The maximum atomic E-state index is 12.6. The summed E-state index contributed by atoms with van der Waals surface area (Å²) in [5.41, 5.74) is 0.980. The average molecular weight is 419 g/mol. The first-order valence-electron chi connectivity index (χ1n) is 11.5. The molecule has 4 unspecified atom stereocenters. The molecule has 1 saturated heterocycles. The van der Waals surface area contributed by atoms with Gasteiger partial charge in [0.1, 0.15) is 11.4 Å². The van der Waals surface area contributed by atoms with Crippen molar-refractivity contribution >= 4 is 5.97 Å². The van der Waals surface area contributed by atoms with E-state index < -0.39 is 29.9 Å². The lowest BCUT2D eigenvalue weighted by Gasteiger charge is -2.47. The Morgan fingerprint density at radius 3 is 2.53 bits per heavy atom.